The highest BCUT2D eigenvalue weighted by Crippen LogP contribution is 2.37. The molecule has 21 heavy (non-hydrogen) atoms. The number of nitrogens with zero attached hydrogens (tertiary/aromatic N) is 4. The summed E-state index contributed by atoms with van der Waals surface area (Å²) in [5, 5.41) is 20.3. The number of aliphatic hydroxyl groups excluding tert-OH is 1. The van der Waals surface area contributed by atoms with Crippen molar-refractivity contribution in [1.82, 2.24) is 25.3 Å². The monoisotopic (exact) mass is 287 g/mol. The lowest BCUT2D eigenvalue weighted by molar-refractivity contribution is -0.124. The van der Waals surface area contributed by atoms with Gasteiger partial charge in [-0.3, -0.25) is 9.78 Å². The van der Waals surface area contributed by atoms with Crippen LogP contribution in [0.3, 0.4) is 0 Å². The second-order valence-electron chi connectivity index (χ2n) is 5.24. The molecule has 1 fully saturated rings. The van der Waals surface area contributed by atoms with E-state index in [1.54, 1.807) is 6.20 Å². The van der Waals surface area contributed by atoms with E-state index in [0.29, 0.717) is 12.8 Å². The third-order valence-electron chi connectivity index (χ3n) is 3.70. The largest absolute Gasteiger partial charge is 0.393 e. The van der Waals surface area contributed by atoms with E-state index < -0.39 is 0 Å². The summed E-state index contributed by atoms with van der Waals surface area (Å²) in [6, 6.07) is 5.44. The van der Waals surface area contributed by atoms with Gasteiger partial charge in [-0.1, -0.05) is 6.07 Å². The number of nitrogens with one attached hydrogen (secondary N) is 1. The van der Waals surface area contributed by atoms with Crippen molar-refractivity contribution in [3.8, 4) is 0 Å². The van der Waals surface area contributed by atoms with Crippen molar-refractivity contribution in [3.05, 3.63) is 42.5 Å². The molecule has 1 aliphatic carbocycles. The first-order chi connectivity index (χ1) is 10.2. The van der Waals surface area contributed by atoms with Gasteiger partial charge in [0.05, 0.1) is 30.2 Å². The molecule has 2 heterocycles. The van der Waals surface area contributed by atoms with Gasteiger partial charge in [-0.05, 0) is 30.9 Å². The quantitative estimate of drug-likeness (QED) is 0.825. The van der Waals surface area contributed by atoms with Gasteiger partial charge in [0.1, 0.15) is 6.54 Å². The summed E-state index contributed by atoms with van der Waals surface area (Å²) in [5.74, 6) is 0.0488. The molecule has 7 heteroatoms. The lowest BCUT2D eigenvalue weighted by Gasteiger charge is -2.37. The SMILES string of the molecule is O=C(Cn1nccn1)N[C@H](c1ccccn1)C1CC(O)C1. The van der Waals surface area contributed by atoms with Crippen LogP contribution in [-0.4, -0.2) is 37.1 Å². The van der Waals surface area contributed by atoms with Gasteiger partial charge in [0.15, 0.2) is 0 Å². The Balaban J connectivity index is 1.69. The lowest BCUT2D eigenvalue weighted by Crippen LogP contribution is -2.42. The van der Waals surface area contributed by atoms with Gasteiger partial charge in [0.2, 0.25) is 5.91 Å². The van der Waals surface area contributed by atoms with Crippen LogP contribution in [0.4, 0.5) is 0 Å². The number of hydrogen-bond donors (Lipinski definition) is 2. The minimum Gasteiger partial charge on any atom is -0.393 e. The molecular weight excluding hydrogens is 270 g/mol. The van der Waals surface area contributed by atoms with E-state index in [0.717, 1.165) is 5.69 Å². The van der Waals surface area contributed by atoms with Crippen LogP contribution in [0, 0.1) is 5.92 Å². The molecule has 0 unspecified atom stereocenters. The summed E-state index contributed by atoms with van der Waals surface area (Å²) in [4.78, 5) is 17.8. The van der Waals surface area contributed by atoms with Crippen LogP contribution in [0.25, 0.3) is 0 Å². The maximum absolute atomic E-state index is 12.1. The average molecular weight is 287 g/mol. The average Bonchev–Trinajstić information content (AvgIpc) is 2.95. The Morgan fingerprint density at radius 3 is 2.71 bits per heavy atom. The molecule has 1 amide bonds. The number of pyridine rings is 1. The second kappa shape index (κ2) is 6.01. The number of hydrogen-bond acceptors (Lipinski definition) is 5. The van der Waals surface area contributed by atoms with Gasteiger partial charge in [-0.15, -0.1) is 0 Å². The van der Waals surface area contributed by atoms with Gasteiger partial charge >= 0.3 is 0 Å². The van der Waals surface area contributed by atoms with E-state index >= 15 is 0 Å². The van der Waals surface area contributed by atoms with E-state index in [9.17, 15) is 9.90 Å². The molecule has 0 spiro atoms. The Kier molecular flexibility index (Phi) is 3.92. The highest BCUT2D eigenvalue weighted by molar-refractivity contribution is 5.76. The Morgan fingerprint density at radius 1 is 1.33 bits per heavy atom. The lowest BCUT2D eigenvalue weighted by atomic mass is 9.76. The number of aromatic nitrogens is 4. The molecule has 1 saturated carbocycles. The van der Waals surface area contributed by atoms with E-state index in [1.807, 2.05) is 18.2 Å². The molecule has 2 N–H and O–H groups in total. The van der Waals surface area contributed by atoms with Gasteiger partial charge in [-0.25, -0.2) is 0 Å². The summed E-state index contributed by atoms with van der Waals surface area (Å²) in [7, 11) is 0. The molecule has 0 aliphatic heterocycles. The summed E-state index contributed by atoms with van der Waals surface area (Å²) in [6.07, 6.45) is 5.87. The molecule has 1 atom stereocenters. The normalized spacial score (nSPS) is 22.3. The molecule has 3 rings (SSSR count). The summed E-state index contributed by atoms with van der Waals surface area (Å²) < 4.78 is 0. The molecule has 0 bridgehead atoms. The Morgan fingerprint density at radius 2 is 2.10 bits per heavy atom. The minimum absolute atomic E-state index is 0.0750. The van der Waals surface area contributed by atoms with Crippen LogP contribution in [-0.2, 0) is 11.3 Å². The minimum atomic E-state index is -0.272. The van der Waals surface area contributed by atoms with Crippen molar-refractivity contribution in [2.45, 2.75) is 31.5 Å². The molecular formula is C14H17N5O2. The number of amides is 1. The van der Waals surface area contributed by atoms with Crippen LogP contribution >= 0.6 is 0 Å². The molecule has 2 aromatic heterocycles. The van der Waals surface area contributed by atoms with Crippen molar-refractivity contribution < 1.29 is 9.90 Å². The smallest absolute Gasteiger partial charge is 0.244 e. The second-order valence-corrected chi connectivity index (χ2v) is 5.24. The molecule has 0 aromatic carbocycles. The van der Waals surface area contributed by atoms with Crippen molar-refractivity contribution in [1.29, 1.82) is 0 Å². The molecule has 7 nitrogen and oxygen atoms in total. The summed E-state index contributed by atoms with van der Waals surface area (Å²) >= 11 is 0. The molecule has 110 valence electrons. The van der Waals surface area contributed by atoms with Crippen LogP contribution in [0.15, 0.2) is 36.8 Å². The Bertz CT molecular complexity index is 581. The predicted molar refractivity (Wildman–Crippen MR) is 73.9 cm³/mol. The highest BCUT2D eigenvalue weighted by Gasteiger charge is 2.36. The fraction of sp³-hybridized carbons (Fsp3) is 0.429. The third-order valence-corrected chi connectivity index (χ3v) is 3.70. The molecule has 2 aromatic rings. The predicted octanol–water partition coefficient (Wildman–Crippen LogP) is 0.301. The standard InChI is InChI=1S/C14H17N5O2/c20-11-7-10(8-11)14(12-3-1-2-4-15-12)18-13(21)9-19-16-5-6-17-19/h1-6,10-11,14,20H,7-9H2,(H,18,21)/t10?,11?,14-/m0/s1. The number of aliphatic hydroxyl groups is 1. The Hall–Kier alpha value is -2.28. The summed E-state index contributed by atoms with van der Waals surface area (Å²) in [6.45, 7) is 0.0750. The topological polar surface area (TPSA) is 92.9 Å². The molecule has 0 radical (unpaired) electrons. The fourth-order valence-electron chi connectivity index (χ4n) is 2.57. The third kappa shape index (κ3) is 3.25. The van der Waals surface area contributed by atoms with Crippen molar-refractivity contribution in [3.63, 3.8) is 0 Å². The van der Waals surface area contributed by atoms with Gasteiger partial charge < -0.3 is 10.4 Å². The fourth-order valence-corrected chi connectivity index (χ4v) is 2.57. The number of carbonyl (C=O) groups excluding carboxylic acids is 1. The van der Waals surface area contributed by atoms with Crippen molar-refractivity contribution in [2.24, 2.45) is 5.92 Å². The Labute approximate surface area is 122 Å². The number of rotatable bonds is 5. The highest BCUT2D eigenvalue weighted by atomic mass is 16.3. The number of carbonyl (C=O) groups is 1. The first-order valence-electron chi connectivity index (χ1n) is 6.95. The first-order valence-corrected chi connectivity index (χ1v) is 6.95. The first kappa shape index (κ1) is 13.7. The van der Waals surface area contributed by atoms with Crippen LogP contribution in [0.2, 0.25) is 0 Å². The van der Waals surface area contributed by atoms with E-state index in [4.69, 9.17) is 0 Å². The van der Waals surface area contributed by atoms with Gasteiger partial charge in [0, 0.05) is 6.20 Å². The maximum Gasteiger partial charge on any atom is 0.244 e. The van der Waals surface area contributed by atoms with Gasteiger partial charge in [0.25, 0.3) is 0 Å². The zero-order valence-electron chi connectivity index (χ0n) is 11.5. The zero-order chi connectivity index (χ0) is 14.7. The summed E-state index contributed by atoms with van der Waals surface area (Å²) in [5.41, 5.74) is 0.816. The van der Waals surface area contributed by atoms with Crippen LogP contribution in [0.1, 0.15) is 24.6 Å². The molecule has 0 saturated heterocycles. The van der Waals surface area contributed by atoms with Crippen molar-refractivity contribution in [2.75, 3.05) is 0 Å². The van der Waals surface area contributed by atoms with Gasteiger partial charge in [-0.2, -0.15) is 15.0 Å². The van der Waals surface area contributed by atoms with Crippen molar-refractivity contribution >= 4 is 5.91 Å². The van der Waals surface area contributed by atoms with E-state index in [-0.39, 0.29) is 30.5 Å². The molecule has 1 aliphatic rings. The van der Waals surface area contributed by atoms with E-state index in [1.165, 1.54) is 17.2 Å². The van der Waals surface area contributed by atoms with Crippen LogP contribution in [0.5, 0.6) is 0 Å². The maximum atomic E-state index is 12.1. The van der Waals surface area contributed by atoms with Crippen LogP contribution < -0.4 is 5.32 Å². The van der Waals surface area contributed by atoms with E-state index in [2.05, 4.69) is 20.5 Å². The zero-order valence-corrected chi connectivity index (χ0v) is 11.5.